The number of H-pyrrole nitrogens is 1. The number of rotatable bonds is 6. The number of piperidine rings is 2. The van der Waals surface area contributed by atoms with E-state index >= 15 is 0 Å². The first kappa shape index (κ1) is 22.7. The van der Waals surface area contributed by atoms with E-state index in [0.29, 0.717) is 25.3 Å². The highest BCUT2D eigenvalue weighted by Crippen LogP contribution is 2.31. The molecule has 0 aliphatic carbocycles. The van der Waals surface area contributed by atoms with Gasteiger partial charge in [0.2, 0.25) is 11.5 Å². The lowest BCUT2D eigenvalue weighted by molar-refractivity contribution is -0.125. The third-order valence-electron chi connectivity index (χ3n) is 6.79. The van der Waals surface area contributed by atoms with Crippen molar-refractivity contribution in [2.24, 2.45) is 16.8 Å². The number of nitrogens with zero attached hydrogens (tertiary/aromatic N) is 1. The normalized spacial score (nSPS) is 32.6. The van der Waals surface area contributed by atoms with Crippen molar-refractivity contribution in [1.82, 2.24) is 31.6 Å². The van der Waals surface area contributed by atoms with Gasteiger partial charge in [-0.3, -0.25) is 19.9 Å². The van der Waals surface area contributed by atoms with Crippen LogP contribution >= 0.6 is 0 Å². The van der Waals surface area contributed by atoms with Crippen LogP contribution in [0.2, 0.25) is 0 Å². The van der Waals surface area contributed by atoms with Gasteiger partial charge in [0.1, 0.15) is 0 Å². The number of hydrogen-bond donors (Lipinski definition) is 6. The maximum Gasteiger partial charge on any atom is 0.247 e. The van der Waals surface area contributed by atoms with E-state index in [1.165, 1.54) is 6.07 Å². The molecule has 6 N–H and O–H groups in total. The molecule has 1 aromatic heterocycles. The second-order valence-electron chi connectivity index (χ2n) is 9.14. The summed E-state index contributed by atoms with van der Waals surface area (Å²) in [5, 5.41) is 16.2. The molecule has 2 saturated heterocycles. The molecule has 3 aliphatic rings. The number of alkyl halides is 1. The predicted molar refractivity (Wildman–Crippen MR) is 121 cm³/mol. The summed E-state index contributed by atoms with van der Waals surface area (Å²) in [5.74, 6) is 1.33. The van der Waals surface area contributed by atoms with Gasteiger partial charge in [-0.2, -0.15) is 0 Å². The third-order valence-corrected chi connectivity index (χ3v) is 6.79. The maximum absolute atomic E-state index is 13.8. The number of aliphatic imine (C=N–C) groups is 1. The van der Waals surface area contributed by atoms with E-state index in [-0.39, 0.29) is 35.5 Å². The summed E-state index contributed by atoms with van der Waals surface area (Å²) in [6.45, 7) is 4.76. The molecule has 9 nitrogen and oxygen atoms in total. The Balaban J connectivity index is 1.39. The van der Waals surface area contributed by atoms with Crippen molar-refractivity contribution in [3.05, 3.63) is 34.2 Å². The number of nitrogens with one attached hydrogen (secondary N) is 6. The summed E-state index contributed by atoms with van der Waals surface area (Å²) in [4.78, 5) is 31.3. The van der Waals surface area contributed by atoms with Gasteiger partial charge in [0.25, 0.3) is 0 Å². The quantitative estimate of drug-likeness (QED) is 0.340. The Hall–Kier alpha value is -2.46. The molecule has 32 heavy (non-hydrogen) atoms. The lowest BCUT2D eigenvalue weighted by Gasteiger charge is -2.44. The summed E-state index contributed by atoms with van der Waals surface area (Å²) >= 11 is 0. The molecule has 1 amide bonds. The van der Waals surface area contributed by atoms with E-state index < -0.39 is 6.30 Å². The van der Waals surface area contributed by atoms with Gasteiger partial charge in [0.15, 0.2) is 12.3 Å². The van der Waals surface area contributed by atoms with Gasteiger partial charge >= 0.3 is 0 Å². The highest BCUT2D eigenvalue weighted by Gasteiger charge is 2.39. The smallest absolute Gasteiger partial charge is 0.247 e. The first-order chi connectivity index (χ1) is 15.5. The van der Waals surface area contributed by atoms with Gasteiger partial charge in [-0.15, -0.1) is 0 Å². The molecule has 4 rings (SSSR count). The van der Waals surface area contributed by atoms with E-state index in [0.717, 1.165) is 44.0 Å². The average Bonchev–Trinajstić information content (AvgIpc) is 3.30. The molecule has 4 heterocycles. The van der Waals surface area contributed by atoms with Crippen LogP contribution in [0.4, 0.5) is 4.39 Å². The molecule has 0 spiro atoms. The highest BCUT2D eigenvalue weighted by atomic mass is 19.1. The fourth-order valence-electron chi connectivity index (χ4n) is 5.08. The van der Waals surface area contributed by atoms with Gasteiger partial charge < -0.3 is 26.3 Å². The molecule has 1 aromatic rings. The number of pyridine rings is 1. The molecule has 176 valence electrons. The maximum atomic E-state index is 13.8. The third kappa shape index (κ3) is 5.86. The molecular formula is C22H34FN7O2. The fraction of sp³-hybridized carbons (Fsp3) is 0.682. The predicted octanol–water partition coefficient (Wildman–Crippen LogP) is -0.0396. The van der Waals surface area contributed by atoms with Crippen LogP contribution in [0.1, 0.15) is 38.2 Å². The molecule has 0 radical (unpaired) electrons. The van der Waals surface area contributed by atoms with Crippen LogP contribution in [-0.4, -0.2) is 60.9 Å². The molecular weight excluding hydrogens is 413 g/mol. The van der Waals surface area contributed by atoms with Crippen LogP contribution in [0.3, 0.4) is 0 Å². The van der Waals surface area contributed by atoms with Crippen molar-refractivity contribution >= 4 is 11.9 Å². The van der Waals surface area contributed by atoms with Crippen LogP contribution in [0.25, 0.3) is 0 Å². The van der Waals surface area contributed by atoms with Crippen molar-refractivity contribution in [3.8, 4) is 0 Å². The van der Waals surface area contributed by atoms with Crippen LogP contribution in [0, 0.1) is 11.8 Å². The fourth-order valence-corrected chi connectivity index (χ4v) is 5.08. The van der Waals surface area contributed by atoms with Gasteiger partial charge in [0, 0.05) is 44.0 Å². The number of halogens is 1. The number of carbonyl (C=O) groups is 1. The lowest BCUT2D eigenvalue weighted by atomic mass is 9.76. The van der Waals surface area contributed by atoms with Crippen LogP contribution in [-0.2, 0) is 11.3 Å². The summed E-state index contributed by atoms with van der Waals surface area (Å²) in [5.41, 5.74) is 0.673. The lowest BCUT2D eigenvalue weighted by Crippen LogP contribution is -2.60. The largest absolute Gasteiger partial charge is 0.356 e. The minimum Gasteiger partial charge on any atom is -0.356 e. The number of guanidine groups is 1. The molecule has 0 saturated carbocycles. The molecule has 6 atom stereocenters. The molecule has 2 fully saturated rings. The number of carbonyl (C=O) groups excluding carboxylic acids is 1. The van der Waals surface area contributed by atoms with Gasteiger partial charge in [-0.05, 0) is 50.0 Å². The zero-order chi connectivity index (χ0) is 22.5. The van der Waals surface area contributed by atoms with E-state index in [4.69, 9.17) is 0 Å². The molecule has 0 aromatic carbocycles. The monoisotopic (exact) mass is 447 g/mol. The van der Waals surface area contributed by atoms with E-state index in [1.807, 2.05) is 6.92 Å². The second-order valence-corrected chi connectivity index (χ2v) is 9.14. The zero-order valence-electron chi connectivity index (χ0n) is 18.5. The topological polar surface area (TPSA) is 122 Å². The Morgan fingerprint density at radius 3 is 2.84 bits per heavy atom. The van der Waals surface area contributed by atoms with Crippen LogP contribution < -0.4 is 32.1 Å². The van der Waals surface area contributed by atoms with Gasteiger partial charge in [-0.25, -0.2) is 4.39 Å². The summed E-state index contributed by atoms with van der Waals surface area (Å²) in [6, 6.07) is 3.02. The second kappa shape index (κ2) is 10.4. The highest BCUT2D eigenvalue weighted by molar-refractivity contribution is 5.82. The Morgan fingerprint density at radius 2 is 2.12 bits per heavy atom. The first-order valence-corrected chi connectivity index (χ1v) is 11.6. The Morgan fingerprint density at radius 1 is 1.25 bits per heavy atom. The summed E-state index contributed by atoms with van der Waals surface area (Å²) in [7, 11) is 0. The minimum absolute atomic E-state index is 0.0497. The summed E-state index contributed by atoms with van der Waals surface area (Å²) < 4.78 is 13.8. The average molecular weight is 448 g/mol. The first-order valence-electron chi connectivity index (χ1n) is 11.6. The van der Waals surface area contributed by atoms with Gasteiger partial charge in [0.05, 0.1) is 12.6 Å². The molecule has 0 bridgehead atoms. The van der Waals surface area contributed by atoms with Gasteiger partial charge in [-0.1, -0.05) is 6.07 Å². The molecule has 10 heteroatoms. The Labute approximate surface area is 187 Å². The summed E-state index contributed by atoms with van der Waals surface area (Å²) in [6.07, 6.45) is 3.61. The zero-order valence-corrected chi connectivity index (χ0v) is 18.5. The Kier molecular flexibility index (Phi) is 7.41. The molecule has 3 aliphatic heterocycles. The van der Waals surface area contributed by atoms with E-state index in [2.05, 4.69) is 36.6 Å². The van der Waals surface area contributed by atoms with E-state index in [9.17, 15) is 14.0 Å². The molecule has 6 unspecified atom stereocenters. The van der Waals surface area contributed by atoms with Crippen LogP contribution in [0.15, 0.2) is 28.1 Å². The van der Waals surface area contributed by atoms with Crippen molar-refractivity contribution in [1.29, 1.82) is 0 Å². The van der Waals surface area contributed by atoms with Crippen molar-refractivity contribution in [2.75, 3.05) is 19.6 Å². The van der Waals surface area contributed by atoms with E-state index in [1.54, 1.807) is 12.3 Å². The van der Waals surface area contributed by atoms with Crippen molar-refractivity contribution < 1.29 is 9.18 Å². The van der Waals surface area contributed by atoms with Crippen molar-refractivity contribution in [3.63, 3.8) is 0 Å². The van der Waals surface area contributed by atoms with Crippen LogP contribution in [0.5, 0.6) is 0 Å². The standard InChI is InChI=1S/C22H34FN7O2/c1-13-16(3-4-19(23)29-13)17-8-15(12-28-22-24-6-7-25-22)9-18(30-17)21(32)27-11-14-2-5-20(31)26-10-14/h2,5,10,13,15-19,29-30H,3-4,6-9,11-12H2,1H3,(H,26,31)(H,27,32)(H2,24,25,28). The number of hydrogen-bond acceptors (Lipinski definition) is 7. The number of amides is 1. The Bertz CT molecular complexity index is 856. The van der Waals surface area contributed by atoms with Crippen molar-refractivity contribution in [2.45, 2.75) is 63.6 Å². The minimum atomic E-state index is -0.954. The SMILES string of the molecule is CC1NC(F)CCC1C1CC(CNC2=NCCN2)CC(C(=O)NCc2ccc(=O)[nH]c2)N1. The number of aromatic nitrogens is 1. The number of aromatic amines is 1.